The van der Waals surface area contributed by atoms with Crippen molar-refractivity contribution in [1.82, 2.24) is 4.98 Å². The fourth-order valence-electron chi connectivity index (χ4n) is 2.09. The van der Waals surface area contributed by atoms with Crippen molar-refractivity contribution in [3.8, 4) is 0 Å². The molecule has 0 amide bonds. The molecule has 2 rings (SSSR count). The summed E-state index contributed by atoms with van der Waals surface area (Å²) in [6.45, 7) is 4.03. The summed E-state index contributed by atoms with van der Waals surface area (Å²) in [6, 6.07) is 3.95. The molecule has 0 bridgehead atoms. The topological polar surface area (TPSA) is 42.4 Å². The zero-order valence-electron chi connectivity index (χ0n) is 9.02. The molecule has 0 saturated carbocycles. The highest BCUT2D eigenvalue weighted by Gasteiger charge is 2.35. The Balaban J connectivity index is 2.04. The molecule has 3 nitrogen and oxygen atoms in total. The second-order valence-corrected chi connectivity index (χ2v) is 4.67. The molecule has 1 aliphatic heterocycles. The van der Waals surface area contributed by atoms with Crippen LogP contribution in [0.4, 0.5) is 0 Å². The maximum Gasteiger partial charge on any atom is 0.0542 e. The zero-order chi connectivity index (χ0) is 10.7. The predicted molar refractivity (Wildman–Crippen MR) is 57.6 cm³/mol. The van der Waals surface area contributed by atoms with Crippen LogP contribution in [0.25, 0.3) is 0 Å². The van der Waals surface area contributed by atoms with Crippen LogP contribution in [0.2, 0.25) is 0 Å². The number of nitrogens with zero attached hydrogens (tertiary/aromatic N) is 1. The summed E-state index contributed by atoms with van der Waals surface area (Å²) in [5.74, 6) is 0.210. The van der Waals surface area contributed by atoms with E-state index >= 15 is 0 Å². The van der Waals surface area contributed by atoms with E-state index in [1.54, 1.807) is 12.4 Å². The average molecular weight is 207 g/mol. The number of hydrogen-bond donors (Lipinski definition) is 1. The number of hydrogen-bond acceptors (Lipinski definition) is 3. The fraction of sp³-hybridized carbons (Fsp3) is 0.583. The largest absolute Gasteiger partial charge is 0.396 e. The van der Waals surface area contributed by atoms with Gasteiger partial charge >= 0.3 is 0 Å². The molecule has 1 atom stereocenters. The number of rotatable bonds is 4. The quantitative estimate of drug-likeness (QED) is 0.815. The third-order valence-electron chi connectivity index (χ3n) is 3.04. The van der Waals surface area contributed by atoms with Gasteiger partial charge in [0.25, 0.3) is 0 Å². The Morgan fingerprint density at radius 1 is 1.47 bits per heavy atom. The van der Waals surface area contributed by atoms with Crippen molar-refractivity contribution in [2.75, 3.05) is 19.8 Å². The third kappa shape index (κ3) is 2.36. The number of ether oxygens (including phenoxy) is 1. The van der Waals surface area contributed by atoms with Gasteiger partial charge in [-0.3, -0.25) is 4.98 Å². The lowest BCUT2D eigenvalue weighted by molar-refractivity contribution is -0.110. The van der Waals surface area contributed by atoms with E-state index in [2.05, 4.69) is 11.9 Å². The molecule has 1 aromatic heterocycles. The van der Waals surface area contributed by atoms with Crippen molar-refractivity contribution in [2.24, 2.45) is 5.41 Å². The van der Waals surface area contributed by atoms with Gasteiger partial charge in [-0.2, -0.15) is 0 Å². The molecule has 1 aliphatic rings. The summed E-state index contributed by atoms with van der Waals surface area (Å²) >= 11 is 0. The van der Waals surface area contributed by atoms with E-state index < -0.39 is 0 Å². The van der Waals surface area contributed by atoms with Crippen LogP contribution in [0.3, 0.4) is 0 Å². The minimum absolute atomic E-state index is 0.194. The molecule has 3 heteroatoms. The standard InChI is InChI=1S/C12H17NO2/c1-12(8-15-9-12)6-11(7-14)10-2-4-13-5-3-10/h2-5,11,14H,6-9H2,1H3. The Morgan fingerprint density at radius 2 is 2.13 bits per heavy atom. The first kappa shape index (κ1) is 10.6. The molecule has 1 unspecified atom stereocenters. The summed E-state index contributed by atoms with van der Waals surface area (Å²) < 4.78 is 5.23. The molecule has 2 heterocycles. The summed E-state index contributed by atoms with van der Waals surface area (Å²) in [5, 5.41) is 9.40. The molecule has 1 saturated heterocycles. The van der Waals surface area contributed by atoms with Crippen molar-refractivity contribution >= 4 is 0 Å². The van der Waals surface area contributed by atoms with Crippen molar-refractivity contribution in [3.05, 3.63) is 30.1 Å². The van der Waals surface area contributed by atoms with Crippen molar-refractivity contribution in [3.63, 3.8) is 0 Å². The molecule has 1 N–H and O–H groups in total. The molecular weight excluding hydrogens is 190 g/mol. The number of aliphatic hydroxyl groups excluding tert-OH is 1. The molecule has 0 aliphatic carbocycles. The average Bonchev–Trinajstić information content (AvgIpc) is 2.25. The van der Waals surface area contributed by atoms with E-state index in [0.29, 0.717) is 0 Å². The number of pyridine rings is 1. The van der Waals surface area contributed by atoms with Crippen LogP contribution in [0, 0.1) is 5.41 Å². The minimum atomic E-state index is 0.194. The van der Waals surface area contributed by atoms with Gasteiger partial charge in [0.1, 0.15) is 0 Å². The molecule has 82 valence electrons. The molecule has 0 aromatic carbocycles. The van der Waals surface area contributed by atoms with E-state index in [1.165, 1.54) is 5.56 Å². The minimum Gasteiger partial charge on any atom is -0.396 e. The van der Waals surface area contributed by atoms with Crippen LogP contribution in [0.5, 0.6) is 0 Å². The highest BCUT2D eigenvalue weighted by atomic mass is 16.5. The van der Waals surface area contributed by atoms with Gasteiger partial charge in [0, 0.05) is 30.3 Å². The smallest absolute Gasteiger partial charge is 0.0542 e. The van der Waals surface area contributed by atoms with Crippen LogP contribution in [0.1, 0.15) is 24.8 Å². The normalized spacial score (nSPS) is 20.7. The maximum atomic E-state index is 9.40. The van der Waals surface area contributed by atoms with E-state index in [-0.39, 0.29) is 17.9 Å². The lowest BCUT2D eigenvalue weighted by Gasteiger charge is -2.40. The van der Waals surface area contributed by atoms with E-state index in [1.807, 2.05) is 12.1 Å². The summed E-state index contributed by atoms with van der Waals surface area (Å²) in [6.07, 6.45) is 4.53. The van der Waals surface area contributed by atoms with Crippen molar-refractivity contribution < 1.29 is 9.84 Å². The first-order valence-corrected chi connectivity index (χ1v) is 5.32. The molecule has 15 heavy (non-hydrogen) atoms. The summed E-state index contributed by atoms with van der Waals surface area (Å²) in [5.41, 5.74) is 1.41. The van der Waals surface area contributed by atoms with Crippen molar-refractivity contribution in [1.29, 1.82) is 0 Å². The van der Waals surface area contributed by atoms with E-state index in [9.17, 15) is 5.11 Å². The van der Waals surface area contributed by atoms with E-state index in [0.717, 1.165) is 19.6 Å². The Labute approximate surface area is 90.1 Å². The van der Waals surface area contributed by atoms with E-state index in [4.69, 9.17) is 4.74 Å². The van der Waals surface area contributed by atoms with Gasteiger partial charge in [-0.25, -0.2) is 0 Å². The Morgan fingerprint density at radius 3 is 2.60 bits per heavy atom. The predicted octanol–water partition coefficient (Wildman–Crippen LogP) is 1.58. The second-order valence-electron chi connectivity index (χ2n) is 4.67. The number of aliphatic hydroxyl groups is 1. The van der Waals surface area contributed by atoms with Gasteiger partial charge in [0.2, 0.25) is 0 Å². The van der Waals surface area contributed by atoms with Gasteiger partial charge in [0.05, 0.1) is 13.2 Å². The fourth-order valence-corrected chi connectivity index (χ4v) is 2.09. The van der Waals surface area contributed by atoms with Crippen LogP contribution in [0.15, 0.2) is 24.5 Å². The number of aromatic nitrogens is 1. The summed E-state index contributed by atoms with van der Waals surface area (Å²) in [7, 11) is 0. The van der Waals surface area contributed by atoms with Gasteiger partial charge < -0.3 is 9.84 Å². The first-order chi connectivity index (χ1) is 7.23. The highest BCUT2D eigenvalue weighted by molar-refractivity contribution is 5.16. The lowest BCUT2D eigenvalue weighted by Crippen LogP contribution is -2.41. The zero-order valence-corrected chi connectivity index (χ0v) is 9.02. The Bertz CT molecular complexity index is 309. The van der Waals surface area contributed by atoms with Crippen molar-refractivity contribution in [2.45, 2.75) is 19.3 Å². The first-order valence-electron chi connectivity index (χ1n) is 5.32. The highest BCUT2D eigenvalue weighted by Crippen LogP contribution is 2.37. The Kier molecular flexibility index (Phi) is 3.03. The van der Waals surface area contributed by atoms with Crippen LogP contribution in [-0.4, -0.2) is 29.9 Å². The molecular formula is C12H17NO2. The van der Waals surface area contributed by atoms with Gasteiger partial charge in [0.15, 0.2) is 0 Å². The molecule has 1 aromatic rings. The SMILES string of the molecule is CC1(CC(CO)c2ccncc2)COC1. The molecule has 0 radical (unpaired) electrons. The third-order valence-corrected chi connectivity index (χ3v) is 3.04. The molecule has 1 fully saturated rings. The Hall–Kier alpha value is -0.930. The van der Waals surface area contributed by atoms with Gasteiger partial charge in [-0.15, -0.1) is 0 Å². The van der Waals surface area contributed by atoms with Crippen LogP contribution >= 0.6 is 0 Å². The lowest BCUT2D eigenvalue weighted by atomic mass is 9.77. The summed E-state index contributed by atoms with van der Waals surface area (Å²) in [4.78, 5) is 3.99. The molecule has 0 spiro atoms. The monoisotopic (exact) mass is 207 g/mol. The second kappa shape index (κ2) is 4.29. The van der Waals surface area contributed by atoms with Gasteiger partial charge in [-0.1, -0.05) is 6.92 Å². The van der Waals surface area contributed by atoms with Crippen LogP contribution in [-0.2, 0) is 4.74 Å². The van der Waals surface area contributed by atoms with Gasteiger partial charge in [-0.05, 0) is 24.1 Å². The maximum absolute atomic E-state index is 9.40. The van der Waals surface area contributed by atoms with Crippen LogP contribution < -0.4 is 0 Å².